The highest BCUT2D eigenvalue weighted by Gasteiger charge is 2.18. The molecular formula is C19H40N2O7Si. The van der Waals surface area contributed by atoms with E-state index in [0.29, 0.717) is 25.7 Å². The number of ether oxygens (including phenoxy) is 3. The average Bonchev–Trinajstić information content (AvgIpc) is 2.69. The van der Waals surface area contributed by atoms with E-state index in [2.05, 4.69) is 10.3 Å². The Morgan fingerprint density at radius 1 is 0.828 bits per heavy atom. The fourth-order valence-corrected chi connectivity index (χ4v) is 1.65. The number of rotatable bonds is 12. The van der Waals surface area contributed by atoms with Crippen LogP contribution in [-0.4, -0.2) is 64.2 Å². The Labute approximate surface area is 178 Å². The van der Waals surface area contributed by atoms with Crippen LogP contribution >= 0.6 is 0 Å². The van der Waals surface area contributed by atoms with Crippen molar-refractivity contribution in [2.75, 3.05) is 13.2 Å². The van der Waals surface area contributed by atoms with E-state index in [1.54, 1.807) is 6.92 Å². The highest BCUT2D eigenvalue weighted by Crippen LogP contribution is 2.04. The number of carbonyl (C=O) groups excluding carboxylic acids is 2. The minimum atomic E-state index is -0.714. The van der Waals surface area contributed by atoms with Gasteiger partial charge in [0.1, 0.15) is 13.2 Å². The normalized spacial score (nSPS) is 12.0. The molecule has 10 heteroatoms. The summed E-state index contributed by atoms with van der Waals surface area (Å²) in [6, 6.07) is 0. The van der Waals surface area contributed by atoms with Crippen molar-refractivity contribution < 1.29 is 34.2 Å². The summed E-state index contributed by atoms with van der Waals surface area (Å²) in [5.74, 6) is -0.553. The molecule has 0 rings (SSSR count). The molecule has 0 aromatic carbocycles. The Morgan fingerprint density at radius 2 is 1.34 bits per heavy atom. The van der Waals surface area contributed by atoms with Crippen LogP contribution in [0.1, 0.15) is 79.6 Å². The number of hydrogen-bond donors (Lipinski definition) is 2. The first-order valence-electron chi connectivity index (χ1n) is 9.74. The summed E-state index contributed by atoms with van der Waals surface area (Å²) in [4.78, 5) is 23.0. The first-order valence-corrected chi connectivity index (χ1v) is 9.74. The molecule has 2 N–H and O–H groups in total. The van der Waals surface area contributed by atoms with Gasteiger partial charge in [-0.3, -0.25) is 9.59 Å². The maximum absolute atomic E-state index is 11.6. The molecule has 0 aromatic rings. The standard InChI is InChI=1S/C15H27NO6.C4H9NO.H4Si/c1-4-7-13(16-19)20-10-12(22-15(18)9-6-3)11-21-14(17)8-5-2;1-3-4(2)5-6;/h12,19H,4-11H2,1-3H3;6H,3H2,1-2H3;1H4. The molecule has 0 aliphatic heterocycles. The molecule has 0 aliphatic rings. The number of carbonyl (C=O) groups is 2. The van der Waals surface area contributed by atoms with Gasteiger partial charge in [0.15, 0.2) is 6.10 Å². The van der Waals surface area contributed by atoms with Crippen LogP contribution in [0.25, 0.3) is 0 Å². The Kier molecular flexibility index (Phi) is 24.2. The summed E-state index contributed by atoms with van der Waals surface area (Å²) < 4.78 is 15.6. The fourth-order valence-electron chi connectivity index (χ4n) is 1.65. The fraction of sp³-hybridized carbons (Fsp3) is 0.789. The van der Waals surface area contributed by atoms with Crippen molar-refractivity contribution in [3.05, 3.63) is 0 Å². The number of hydrogen-bond acceptors (Lipinski definition) is 9. The van der Waals surface area contributed by atoms with Crippen molar-refractivity contribution in [2.24, 2.45) is 10.3 Å². The van der Waals surface area contributed by atoms with Crippen molar-refractivity contribution in [2.45, 2.75) is 85.7 Å². The van der Waals surface area contributed by atoms with Crippen molar-refractivity contribution >= 4 is 34.5 Å². The maximum atomic E-state index is 11.6. The zero-order chi connectivity index (χ0) is 21.8. The van der Waals surface area contributed by atoms with Gasteiger partial charge in [-0.25, -0.2) is 0 Å². The monoisotopic (exact) mass is 436 g/mol. The van der Waals surface area contributed by atoms with Gasteiger partial charge in [-0.05, 0) is 43.6 Å². The van der Waals surface area contributed by atoms with Crippen molar-refractivity contribution in [1.29, 1.82) is 0 Å². The third-order valence-corrected chi connectivity index (χ3v) is 3.33. The number of esters is 2. The molecule has 29 heavy (non-hydrogen) atoms. The van der Waals surface area contributed by atoms with Crippen LogP contribution in [-0.2, 0) is 23.8 Å². The van der Waals surface area contributed by atoms with Gasteiger partial charge in [-0.15, -0.1) is 0 Å². The van der Waals surface area contributed by atoms with Crippen LogP contribution < -0.4 is 0 Å². The molecule has 0 radical (unpaired) electrons. The first-order chi connectivity index (χ1) is 13.4. The van der Waals surface area contributed by atoms with E-state index in [-0.39, 0.29) is 48.4 Å². The molecule has 0 fully saturated rings. The SMILES string of the molecule is CCC(C)=NO.CCCC(=O)OCC(COC(CCC)=NO)OC(=O)CCC.[SiH4]. The second-order valence-electron chi connectivity index (χ2n) is 6.04. The van der Waals surface area contributed by atoms with Gasteiger partial charge >= 0.3 is 11.9 Å². The van der Waals surface area contributed by atoms with Crippen LogP contribution in [0.3, 0.4) is 0 Å². The lowest BCUT2D eigenvalue weighted by molar-refractivity contribution is -0.161. The molecule has 1 atom stereocenters. The molecular weight excluding hydrogens is 396 g/mol. The topological polar surface area (TPSA) is 127 Å². The third kappa shape index (κ3) is 20.4. The zero-order valence-corrected chi connectivity index (χ0v) is 17.8. The second kappa shape index (κ2) is 22.2. The molecule has 0 saturated carbocycles. The predicted octanol–water partition coefficient (Wildman–Crippen LogP) is 2.44. The van der Waals surface area contributed by atoms with Crippen molar-refractivity contribution in [1.82, 2.24) is 0 Å². The van der Waals surface area contributed by atoms with Gasteiger partial charge in [0.05, 0.1) is 5.71 Å². The van der Waals surface area contributed by atoms with Gasteiger partial charge in [-0.1, -0.05) is 38.0 Å². The molecule has 0 saturated heterocycles. The van der Waals surface area contributed by atoms with Gasteiger partial charge in [0, 0.05) is 19.3 Å². The molecule has 9 nitrogen and oxygen atoms in total. The van der Waals surface area contributed by atoms with Crippen molar-refractivity contribution in [3.8, 4) is 0 Å². The molecule has 0 heterocycles. The van der Waals surface area contributed by atoms with Crippen LogP contribution in [0, 0.1) is 0 Å². The summed E-state index contributed by atoms with van der Waals surface area (Å²) in [7, 11) is 0. The lowest BCUT2D eigenvalue weighted by Gasteiger charge is -2.18. The highest BCUT2D eigenvalue weighted by atomic mass is 28.1. The van der Waals surface area contributed by atoms with Crippen molar-refractivity contribution in [3.63, 3.8) is 0 Å². The number of oxime groups is 2. The van der Waals surface area contributed by atoms with Crippen LogP contribution in [0.5, 0.6) is 0 Å². The lowest BCUT2D eigenvalue weighted by Crippen LogP contribution is -2.30. The molecule has 0 spiro atoms. The van der Waals surface area contributed by atoms with E-state index < -0.39 is 6.10 Å². The summed E-state index contributed by atoms with van der Waals surface area (Å²) in [6.07, 6.45) is 3.30. The maximum Gasteiger partial charge on any atom is 0.306 e. The highest BCUT2D eigenvalue weighted by molar-refractivity contribution is 5.80. The summed E-state index contributed by atoms with van der Waals surface area (Å²) in [5, 5.41) is 22.7. The van der Waals surface area contributed by atoms with E-state index in [0.717, 1.165) is 18.6 Å². The summed E-state index contributed by atoms with van der Waals surface area (Å²) in [5.41, 5.74) is 0.773. The molecule has 1 unspecified atom stereocenters. The minimum Gasteiger partial charge on any atom is -0.475 e. The number of nitrogens with zero attached hydrogens (tertiary/aromatic N) is 2. The van der Waals surface area contributed by atoms with E-state index in [1.165, 1.54) is 0 Å². The Hall–Kier alpha value is -2.10. The first kappa shape index (κ1) is 31.6. The van der Waals surface area contributed by atoms with Gasteiger partial charge in [0.25, 0.3) is 0 Å². The van der Waals surface area contributed by atoms with Crippen LogP contribution in [0.2, 0.25) is 0 Å². The Balaban J connectivity index is -0.000000837. The van der Waals surface area contributed by atoms with E-state index in [9.17, 15) is 9.59 Å². The molecule has 0 amide bonds. The van der Waals surface area contributed by atoms with E-state index in [4.69, 9.17) is 24.6 Å². The third-order valence-electron chi connectivity index (χ3n) is 3.33. The Morgan fingerprint density at radius 3 is 1.76 bits per heavy atom. The van der Waals surface area contributed by atoms with Gasteiger partial charge in [-0.2, -0.15) is 0 Å². The summed E-state index contributed by atoms with van der Waals surface area (Å²) in [6.45, 7) is 9.28. The van der Waals surface area contributed by atoms with E-state index in [1.807, 2.05) is 27.7 Å². The minimum absolute atomic E-state index is 0. The quantitative estimate of drug-likeness (QED) is 0.120. The molecule has 0 aliphatic carbocycles. The largest absolute Gasteiger partial charge is 0.475 e. The van der Waals surface area contributed by atoms with Crippen LogP contribution in [0.4, 0.5) is 0 Å². The average molecular weight is 437 g/mol. The molecule has 0 bridgehead atoms. The van der Waals surface area contributed by atoms with E-state index >= 15 is 0 Å². The van der Waals surface area contributed by atoms with Gasteiger partial charge < -0.3 is 24.6 Å². The molecule has 172 valence electrons. The smallest absolute Gasteiger partial charge is 0.306 e. The zero-order valence-electron chi connectivity index (χ0n) is 17.8. The Bertz CT molecular complexity index is 485. The van der Waals surface area contributed by atoms with Gasteiger partial charge in [0.2, 0.25) is 5.90 Å². The predicted molar refractivity (Wildman–Crippen MR) is 117 cm³/mol. The van der Waals surface area contributed by atoms with Crippen LogP contribution in [0.15, 0.2) is 10.3 Å². The molecule has 0 aromatic heterocycles. The lowest BCUT2D eigenvalue weighted by atomic mass is 10.3. The second-order valence-corrected chi connectivity index (χ2v) is 6.04. The summed E-state index contributed by atoms with van der Waals surface area (Å²) >= 11 is 0.